The van der Waals surface area contributed by atoms with E-state index in [1.165, 1.54) is 11.3 Å². The van der Waals surface area contributed by atoms with Crippen LogP contribution in [0.4, 0.5) is 0 Å². The predicted molar refractivity (Wildman–Crippen MR) is 85.7 cm³/mol. The molecular weight excluding hydrogens is 316 g/mol. The van der Waals surface area contributed by atoms with Gasteiger partial charge in [0.2, 0.25) is 0 Å². The number of rotatable bonds is 4. The standard InChI is InChI=1S/C16H16N2O4S/c1-22-12-4-2-10(3-5-12)14-17-8-13(23-14)15(19)18-7-6-11(9-18)16(20)21/h2-5,8,11H,6-7,9H2,1H3,(H,20,21). The van der Waals surface area contributed by atoms with Crippen molar-refractivity contribution < 1.29 is 19.4 Å². The Labute approximate surface area is 137 Å². The van der Waals surface area contributed by atoms with Crippen molar-refractivity contribution in [3.8, 4) is 16.3 Å². The molecule has 1 unspecified atom stereocenters. The van der Waals surface area contributed by atoms with Crippen LogP contribution in [-0.4, -0.2) is 47.1 Å². The minimum atomic E-state index is -0.844. The third-order valence-electron chi connectivity index (χ3n) is 3.88. The Bertz CT molecular complexity index is 726. The van der Waals surface area contributed by atoms with Crippen molar-refractivity contribution in [2.45, 2.75) is 6.42 Å². The van der Waals surface area contributed by atoms with Gasteiger partial charge in [0.25, 0.3) is 5.91 Å². The minimum absolute atomic E-state index is 0.147. The lowest BCUT2D eigenvalue weighted by molar-refractivity contribution is -0.141. The van der Waals surface area contributed by atoms with Crippen LogP contribution in [0.1, 0.15) is 16.1 Å². The molecule has 0 radical (unpaired) electrons. The van der Waals surface area contributed by atoms with Crippen molar-refractivity contribution in [2.24, 2.45) is 5.92 Å². The first-order chi connectivity index (χ1) is 11.1. The molecule has 1 aliphatic rings. The van der Waals surface area contributed by atoms with Gasteiger partial charge in [-0.2, -0.15) is 0 Å². The quantitative estimate of drug-likeness (QED) is 0.930. The number of amides is 1. The van der Waals surface area contributed by atoms with Crippen LogP contribution in [0.2, 0.25) is 0 Å². The van der Waals surface area contributed by atoms with Crippen LogP contribution in [-0.2, 0) is 4.79 Å². The number of ether oxygens (including phenoxy) is 1. The van der Waals surface area contributed by atoms with Crippen LogP contribution in [0.15, 0.2) is 30.5 Å². The zero-order valence-electron chi connectivity index (χ0n) is 12.6. The van der Waals surface area contributed by atoms with Gasteiger partial charge in [-0.15, -0.1) is 11.3 Å². The molecule has 1 fully saturated rings. The summed E-state index contributed by atoms with van der Waals surface area (Å²) in [6.07, 6.45) is 2.06. The van der Waals surface area contributed by atoms with Gasteiger partial charge in [0.15, 0.2) is 0 Å². The molecule has 1 amide bonds. The van der Waals surface area contributed by atoms with E-state index in [4.69, 9.17) is 9.84 Å². The van der Waals surface area contributed by atoms with Gasteiger partial charge in [0, 0.05) is 18.7 Å². The molecule has 0 spiro atoms. The zero-order chi connectivity index (χ0) is 16.4. The summed E-state index contributed by atoms with van der Waals surface area (Å²) in [6.45, 7) is 0.746. The monoisotopic (exact) mass is 332 g/mol. The van der Waals surface area contributed by atoms with Gasteiger partial charge in [-0.1, -0.05) is 0 Å². The van der Waals surface area contributed by atoms with Crippen molar-refractivity contribution >= 4 is 23.2 Å². The molecule has 7 heteroatoms. The number of aliphatic carboxylic acids is 1. The van der Waals surface area contributed by atoms with E-state index in [0.717, 1.165) is 16.3 Å². The van der Waals surface area contributed by atoms with E-state index in [9.17, 15) is 9.59 Å². The molecule has 1 aliphatic heterocycles. The van der Waals surface area contributed by atoms with Gasteiger partial charge >= 0.3 is 5.97 Å². The predicted octanol–water partition coefficient (Wildman–Crippen LogP) is 2.37. The van der Waals surface area contributed by atoms with Crippen LogP contribution >= 0.6 is 11.3 Å². The highest BCUT2D eigenvalue weighted by atomic mass is 32.1. The highest BCUT2D eigenvalue weighted by Gasteiger charge is 2.32. The molecule has 2 aromatic rings. The molecule has 1 atom stereocenters. The molecule has 120 valence electrons. The van der Waals surface area contributed by atoms with Crippen LogP contribution in [0.25, 0.3) is 10.6 Å². The van der Waals surface area contributed by atoms with Crippen LogP contribution in [0, 0.1) is 5.92 Å². The Morgan fingerprint density at radius 1 is 1.35 bits per heavy atom. The van der Waals surface area contributed by atoms with Gasteiger partial charge in [0.05, 0.1) is 19.2 Å². The van der Waals surface area contributed by atoms with E-state index in [2.05, 4.69) is 4.98 Å². The molecular formula is C16H16N2O4S. The van der Waals surface area contributed by atoms with E-state index in [1.54, 1.807) is 18.2 Å². The van der Waals surface area contributed by atoms with Crippen molar-refractivity contribution in [1.82, 2.24) is 9.88 Å². The number of likely N-dealkylation sites (tertiary alicyclic amines) is 1. The number of hydrogen-bond donors (Lipinski definition) is 1. The molecule has 1 N–H and O–H groups in total. The lowest BCUT2D eigenvalue weighted by Gasteiger charge is -2.13. The number of methoxy groups -OCH3 is 1. The van der Waals surface area contributed by atoms with E-state index >= 15 is 0 Å². The Morgan fingerprint density at radius 2 is 2.09 bits per heavy atom. The number of aromatic nitrogens is 1. The lowest BCUT2D eigenvalue weighted by atomic mass is 10.1. The summed E-state index contributed by atoms with van der Waals surface area (Å²) in [7, 11) is 1.61. The summed E-state index contributed by atoms with van der Waals surface area (Å²) in [6, 6.07) is 7.47. The first-order valence-electron chi connectivity index (χ1n) is 7.21. The van der Waals surface area contributed by atoms with Gasteiger partial charge in [0.1, 0.15) is 15.6 Å². The molecule has 2 heterocycles. The van der Waals surface area contributed by atoms with E-state index in [0.29, 0.717) is 17.8 Å². The molecule has 0 bridgehead atoms. The highest BCUT2D eigenvalue weighted by Crippen LogP contribution is 2.28. The van der Waals surface area contributed by atoms with Gasteiger partial charge < -0.3 is 14.7 Å². The van der Waals surface area contributed by atoms with Crippen LogP contribution in [0.3, 0.4) is 0 Å². The number of thiazole rings is 1. The largest absolute Gasteiger partial charge is 0.497 e. The van der Waals surface area contributed by atoms with E-state index in [1.807, 2.05) is 24.3 Å². The molecule has 1 aromatic carbocycles. The van der Waals surface area contributed by atoms with Crippen LogP contribution < -0.4 is 4.74 Å². The maximum absolute atomic E-state index is 12.4. The number of carbonyl (C=O) groups is 2. The van der Waals surface area contributed by atoms with Crippen molar-refractivity contribution in [3.05, 3.63) is 35.3 Å². The van der Waals surface area contributed by atoms with E-state index in [-0.39, 0.29) is 12.5 Å². The van der Waals surface area contributed by atoms with Crippen molar-refractivity contribution in [3.63, 3.8) is 0 Å². The maximum atomic E-state index is 12.4. The Balaban J connectivity index is 1.73. The number of carboxylic acid groups (broad SMARTS) is 1. The molecule has 1 aromatic heterocycles. The topological polar surface area (TPSA) is 79.7 Å². The average Bonchev–Trinajstić information content (AvgIpc) is 3.24. The zero-order valence-corrected chi connectivity index (χ0v) is 13.4. The minimum Gasteiger partial charge on any atom is -0.497 e. The number of carbonyl (C=O) groups excluding carboxylic acids is 1. The number of carboxylic acids is 1. The Morgan fingerprint density at radius 3 is 2.70 bits per heavy atom. The second-order valence-corrected chi connectivity index (χ2v) is 6.36. The third-order valence-corrected chi connectivity index (χ3v) is 4.91. The van der Waals surface area contributed by atoms with E-state index < -0.39 is 11.9 Å². The van der Waals surface area contributed by atoms with Gasteiger partial charge in [-0.3, -0.25) is 9.59 Å². The fraction of sp³-hybridized carbons (Fsp3) is 0.312. The molecule has 1 saturated heterocycles. The fourth-order valence-corrected chi connectivity index (χ4v) is 3.43. The van der Waals surface area contributed by atoms with Crippen molar-refractivity contribution in [1.29, 1.82) is 0 Å². The summed E-state index contributed by atoms with van der Waals surface area (Å²) in [5.41, 5.74) is 0.916. The number of hydrogen-bond acceptors (Lipinski definition) is 5. The van der Waals surface area contributed by atoms with Gasteiger partial charge in [-0.25, -0.2) is 4.98 Å². The summed E-state index contributed by atoms with van der Waals surface area (Å²) in [5.74, 6) is -0.694. The van der Waals surface area contributed by atoms with Gasteiger partial charge in [-0.05, 0) is 30.7 Å². The fourth-order valence-electron chi connectivity index (χ4n) is 2.54. The molecule has 0 saturated carbocycles. The lowest BCUT2D eigenvalue weighted by Crippen LogP contribution is -2.29. The summed E-state index contributed by atoms with van der Waals surface area (Å²) in [5, 5.41) is 9.78. The number of nitrogens with zero attached hydrogens (tertiary/aromatic N) is 2. The second kappa shape index (κ2) is 6.37. The molecule has 6 nitrogen and oxygen atoms in total. The molecule has 0 aliphatic carbocycles. The maximum Gasteiger partial charge on any atom is 0.308 e. The SMILES string of the molecule is COc1ccc(-c2ncc(C(=O)N3CCC(C(=O)O)C3)s2)cc1. The highest BCUT2D eigenvalue weighted by molar-refractivity contribution is 7.16. The van der Waals surface area contributed by atoms with Crippen molar-refractivity contribution in [2.75, 3.05) is 20.2 Å². The number of benzene rings is 1. The Kier molecular flexibility index (Phi) is 4.29. The Hall–Kier alpha value is -2.41. The first kappa shape index (κ1) is 15.5. The normalized spacial score (nSPS) is 17.3. The van der Waals surface area contributed by atoms with Crippen LogP contribution in [0.5, 0.6) is 5.75 Å². The third kappa shape index (κ3) is 3.19. The molecule has 3 rings (SSSR count). The summed E-state index contributed by atoms with van der Waals surface area (Å²) in [4.78, 5) is 29.9. The second-order valence-electron chi connectivity index (χ2n) is 5.33. The smallest absolute Gasteiger partial charge is 0.308 e. The summed E-state index contributed by atoms with van der Waals surface area (Å²) >= 11 is 1.31. The molecule has 23 heavy (non-hydrogen) atoms. The summed E-state index contributed by atoms with van der Waals surface area (Å²) < 4.78 is 5.12. The average molecular weight is 332 g/mol. The first-order valence-corrected chi connectivity index (χ1v) is 8.02.